The number of halogens is 2. The highest BCUT2D eigenvalue weighted by atomic mass is 35.5. The molecule has 0 saturated carbocycles. The zero-order chi connectivity index (χ0) is 13.1. The second-order valence-electron chi connectivity index (χ2n) is 5.06. The first-order chi connectivity index (χ1) is 8.56. The summed E-state index contributed by atoms with van der Waals surface area (Å²) in [6, 6.07) is 6.16. The van der Waals surface area contributed by atoms with Crippen molar-refractivity contribution in [1.29, 1.82) is 0 Å². The van der Waals surface area contributed by atoms with Crippen molar-refractivity contribution >= 4 is 18.3 Å². The molecule has 1 aromatic rings. The second-order valence-corrected chi connectivity index (χ2v) is 5.06. The molecule has 2 rings (SSSR count). The van der Waals surface area contributed by atoms with E-state index in [4.69, 9.17) is 5.73 Å². The van der Waals surface area contributed by atoms with Crippen LogP contribution in [0.25, 0.3) is 0 Å². The van der Waals surface area contributed by atoms with Crippen molar-refractivity contribution in [3.05, 3.63) is 35.6 Å². The zero-order valence-corrected chi connectivity index (χ0v) is 11.8. The Morgan fingerprint density at radius 1 is 1.47 bits per heavy atom. The fourth-order valence-corrected chi connectivity index (χ4v) is 2.44. The molecular weight excluding hydrogens is 267 g/mol. The van der Waals surface area contributed by atoms with Crippen LogP contribution in [0.4, 0.5) is 4.39 Å². The van der Waals surface area contributed by atoms with Crippen LogP contribution in [0.2, 0.25) is 0 Å². The molecule has 0 bridgehead atoms. The van der Waals surface area contributed by atoms with Crippen LogP contribution in [-0.2, 0) is 11.2 Å². The van der Waals surface area contributed by atoms with Crippen LogP contribution in [0.1, 0.15) is 18.9 Å². The van der Waals surface area contributed by atoms with Gasteiger partial charge in [-0.2, -0.15) is 0 Å². The fraction of sp³-hybridized carbons (Fsp3) is 0.500. The SMILES string of the molecule is C[C@H](N)C(=O)N1CCC(Cc2ccc(F)cc2)C1.Cl. The van der Waals surface area contributed by atoms with Gasteiger partial charge in [0.15, 0.2) is 0 Å². The van der Waals surface area contributed by atoms with Gasteiger partial charge in [0, 0.05) is 13.1 Å². The quantitative estimate of drug-likeness (QED) is 0.924. The number of amides is 1. The van der Waals surface area contributed by atoms with Gasteiger partial charge in [0.25, 0.3) is 0 Å². The first-order valence-electron chi connectivity index (χ1n) is 6.35. The Labute approximate surface area is 119 Å². The summed E-state index contributed by atoms with van der Waals surface area (Å²) >= 11 is 0. The van der Waals surface area contributed by atoms with E-state index in [9.17, 15) is 9.18 Å². The Morgan fingerprint density at radius 3 is 2.68 bits per heavy atom. The van der Waals surface area contributed by atoms with Crippen molar-refractivity contribution in [3.8, 4) is 0 Å². The molecule has 0 spiro atoms. The first kappa shape index (κ1) is 15.9. The predicted octanol–water partition coefficient (Wildman–Crippen LogP) is 1.99. The summed E-state index contributed by atoms with van der Waals surface area (Å²) in [6.45, 7) is 3.26. The minimum atomic E-state index is -0.422. The third kappa shape index (κ3) is 4.18. The predicted molar refractivity (Wildman–Crippen MR) is 75.7 cm³/mol. The minimum Gasteiger partial charge on any atom is -0.341 e. The van der Waals surface area contributed by atoms with Gasteiger partial charge < -0.3 is 10.6 Å². The molecule has 1 aliphatic heterocycles. The van der Waals surface area contributed by atoms with Gasteiger partial charge in [-0.1, -0.05) is 12.1 Å². The van der Waals surface area contributed by atoms with Crippen molar-refractivity contribution in [3.63, 3.8) is 0 Å². The van der Waals surface area contributed by atoms with Gasteiger partial charge in [-0.05, 0) is 43.4 Å². The molecule has 19 heavy (non-hydrogen) atoms. The summed E-state index contributed by atoms with van der Waals surface area (Å²) in [7, 11) is 0. The number of hydrogen-bond acceptors (Lipinski definition) is 2. The van der Waals surface area contributed by atoms with Crippen LogP contribution in [0.15, 0.2) is 24.3 Å². The Bertz CT molecular complexity index is 422. The number of carbonyl (C=O) groups is 1. The van der Waals surface area contributed by atoms with Crippen molar-refractivity contribution in [2.24, 2.45) is 11.7 Å². The van der Waals surface area contributed by atoms with E-state index in [2.05, 4.69) is 0 Å². The van der Waals surface area contributed by atoms with Crippen LogP contribution >= 0.6 is 12.4 Å². The van der Waals surface area contributed by atoms with Gasteiger partial charge in [0.1, 0.15) is 5.82 Å². The van der Waals surface area contributed by atoms with Crippen molar-refractivity contribution in [1.82, 2.24) is 4.90 Å². The molecule has 1 aliphatic rings. The molecule has 1 unspecified atom stereocenters. The van der Waals surface area contributed by atoms with E-state index in [-0.39, 0.29) is 24.1 Å². The number of rotatable bonds is 3. The summed E-state index contributed by atoms with van der Waals surface area (Å²) < 4.78 is 12.8. The molecule has 1 fully saturated rings. The second kappa shape index (κ2) is 6.87. The lowest BCUT2D eigenvalue weighted by Crippen LogP contribution is -2.40. The summed E-state index contributed by atoms with van der Waals surface area (Å²) in [5, 5.41) is 0. The lowest BCUT2D eigenvalue weighted by molar-refractivity contribution is -0.131. The van der Waals surface area contributed by atoms with Gasteiger partial charge >= 0.3 is 0 Å². The Morgan fingerprint density at radius 2 is 2.11 bits per heavy atom. The lowest BCUT2D eigenvalue weighted by atomic mass is 9.99. The number of nitrogens with zero attached hydrogens (tertiary/aromatic N) is 1. The molecule has 2 N–H and O–H groups in total. The van der Waals surface area contributed by atoms with E-state index >= 15 is 0 Å². The number of hydrogen-bond donors (Lipinski definition) is 1. The maximum atomic E-state index is 12.8. The van der Waals surface area contributed by atoms with Crippen LogP contribution in [0.5, 0.6) is 0 Å². The number of benzene rings is 1. The highest BCUT2D eigenvalue weighted by molar-refractivity contribution is 5.85. The molecule has 0 aliphatic carbocycles. The minimum absolute atomic E-state index is 0. The van der Waals surface area contributed by atoms with Crippen LogP contribution < -0.4 is 5.73 Å². The van der Waals surface area contributed by atoms with Crippen LogP contribution in [0.3, 0.4) is 0 Å². The number of nitrogens with two attached hydrogens (primary N) is 1. The maximum Gasteiger partial charge on any atom is 0.239 e. The van der Waals surface area contributed by atoms with Gasteiger partial charge in [-0.25, -0.2) is 4.39 Å². The van der Waals surface area contributed by atoms with Crippen molar-refractivity contribution in [2.45, 2.75) is 25.8 Å². The monoisotopic (exact) mass is 286 g/mol. The van der Waals surface area contributed by atoms with E-state index in [1.165, 1.54) is 12.1 Å². The molecule has 0 aromatic heterocycles. The maximum absolute atomic E-state index is 12.8. The van der Waals surface area contributed by atoms with Crippen LogP contribution in [0, 0.1) is 11.7 Å². The standard InChI is InChI=1S/C14H19FN2O.ClH/c1-10(16)14(18)17-7-6-12(9-17)8-11-2-4-13(15)5-3-11;/h2-5,10,12H,6-9,16H2,1H3;1H/t10-,12?;/m0./s1. The Hall–Kier alpha value is -1.13. The number of likely N-dealkylation sites (tertiary alicyclic amines) is 1. The molecule has 0 radical (unpaired) electrons. The molecule has 1 heterocycles. The summed E-state index contributed by atoms with van der Waals surface area (Å²) in [4.78, 5) is 13.6. The fourth-order valence-electron chi connectivity index (χ4n) is 2.44. The normalized spacial score (nSPS) is 19.9. The molecular formula is C14H20ClFN2O. The van der Waals surface area contributed by atoms with E-state index in [0.717, 1.165) is 31.5 Å². The van der Waals surface area contributed by atoms with Gasteiger partial charge in [0.05, 0.1) is 6.04 Å². The molecule has 5 heteroatoms. The van der Waals surface area contributed by atoms with E-state index in [1.54, 1.807) is 6.92 Å². The molecule has 1 aromatic carbocycles. The van der Waals surface area contributed by atoms with E-state index in [1.807, 2.05) is 17.0 Å². The van der Waals surface area contributed by atoms with Crippen LogP contribution in [-0.4, -0.2) is 29.9 Å². The Balaban J connectivity index is 0.00000180. The topological polar surface area (TPSA) is 46.3 Å². The molecule has 2 atom stereocenters. The molecule has 1 saturated heterocycles. The third-order valence-electron chi connectivity index (χ3n) is 3.42. The largest absolute Gasteiger partial charge is 0.341 e. The van der Waals surface area contributed by atoms with Gasteiger partial charge in [-0.15, -0.1) is 12.4 Å². The van der Waals surface area contributed by atoms with E-state index < -0.39 is 6.04 Å². The smallest absolute Gasteiger partial charge is 0.239 e. The molecule has 106 valence electrons. The summed E-state index contributed by atoms with van der Waals surface area (Å²) in [6.07, 6.45) is 1.89. The average molecular weight is 287 g/mol. The first-order valence-corrected chi connectivity index (χ1v) is 6.35. The van der Waals surface area contributed by atoms with Gasteiger partial charge in [-0.3, -0.25) is 4.79 Å². The average Bonchev–Trinajstić information content (AvgIpc) is 2.79. The highest BCUT2D eigenvalue weighted by Gasteiger charge is 2.27. The number of carbonyl (C=O) groups excluding carboxylic acids is 1. The van der Waals surface area contributed by atoms with Gasteiger partial charge in [0.2, 0.25) is 5.91 Å². The third-order valence-corrected chi connectivity index (χ3v) is 3.42. The van der Waals surface area contributed by atoms with Crippen molar-refractivity contribution in [2.75, 3.05) is 13.1 Å². The summed E-state index contributed by atoms with van der Waals surface area (Å²) in [5.41, 5.74) is 6.72. The zero-order valence-electron chi connectivity index (χ0n) is 11.0. The lowest BCUT2D eigenvalue weighted by Gasteiger charge is -2.18. The summed E-state index contributed by atoms with van der Waals surface area (Å²) in [5.74, 6) is 0.272. The van der Waals surface area contributed by atoms with E-state index in [0.29, 0.717) is 5.92 Å². The molecule has 1 amide bonds. The Kier molecular flexibility index (Phi) is 5.76. The molecule has 3 nitrogen and oxygen atoms in total. The van der Waals surface area contributed by atoms with Crippen molar-refractivity contribution < 1.29 is 9.18 Å². The highest BCUT2D eigenvalue weighted by Crippen LogP contribution is 2.21.